The van der Waals surface area contributed by atoms with Crippen LogP contribution in [0.1, 0.15) is 24.8 Å². The molecule has 2 rings (SSSR count). The lowest BCUT2D eigenvalue weighted by molar-refractivity contribution is -0.135. The van der Waals surface area contributed by atoms with E-state index in [4.69, 9.17) is 22.1 Å². The molecule has 0 atom stereocenters. The first-order valence-corrected chi connectivity index (χ1v) is 8.47. The first-order chi connectivity index (χ1) is 11.5. The molecule has 1 aliphatic heterocycles. The van der Waals surface area contributed by atoms with Crippen molar-refractivity contribution < 1.29 is 14.3 Å². The molecule has 1 aromatic carbocycles. The molecule has 7 heteroatoms. The van der Waals surface area contributed by atoms with Crippen molar-refractivity contribution >= 4 is 29.1 Å². The molecule has 1 heterocycles. The number of anilines is 1. The van der Waals surface area contributed by atoms with Gasteiger partial charge in [-0.3, -0.25) is 9.59 Å². The summed E-state index contributed by atoms with van der Waals surface area (Å²) in [6.07, 6.45) is 1.42. The normalized spacial score (nSPS) is 16.5. The molecule has 0 aliphatic carbocycles. The van der Waals surface area contributed by atoms with Crippen molar-refractivity contribution in [2.24, 2.45) is 11.1 Å². The summed E-state index contributed by atoms with van der Waals surface area (Å²) in [7, 11) is 0. The fourth-order valence-electron chi connectivity index (χ4n) is 2.72. The van der Waals surface area contributed by atoms with Gasteiger partial charge in [-0.05, 0) is 37.5 Å². The Morgan fingerprint density at radius 2 is 2.04 bits per heavy atom. The molecule has 1 aliphatic rings. The Kier molecular flexibility index (Phi) is 6.60. The van der Waals surface area contributed by atoms with Gasteiger partial charge in [-0.25, -0.2) is 0 Å². The lowest BCUT2D eigenvalue weighted by Gasteiger charge is -2.34. The van der Waals surface area contributed by atoms with Crippen molar-refractivity contribution in [2.45, 2.75) is 26.2 Å². The molecular weight excluding hydrogens is 330 g/mol. The molecule has 0 radical (unpaired) electrons. The minimum Gasteiger partial charge on any atom is -0.381 e. The Bertz CT molecular complexity index is 601. The van der Waals surface area contributed by atoms with E-state index in [0.29, 0.717) is 36.8 Å². The third-order valence-corrected chi connectivity index (χ3v) is 4.91. The molecule has 132 valence electrons. The lowest BCUT2D eigenvalue weighted by atomic mass is 9.79. The van der Waals surface area contributed by atoms with Gasteiger partial charge in [0.2, 0.25) is 11.8 Å². The van der Waals surface area contributed by atoms with E-state index in [1.165, 1.54) is 0 Å². The molecular formula is C17H24ClN3O3. The summed E-state index contributed by atoms with van der Waals surface area (Å²) < 4.78 is 5.30. The average molecular weight is 354 g/mol. The second kappa shape index (κ2) is 8.46. The van der Waals surface area contributed by atoms with Crippen LogP contribution in [0.15, 0.2) is 18.2 Å². The van der Waals surface area contributed by atoms with E-state index >= 15 is 0 Å². The number of benzene rings is 1. The highest BCUT2D eigenvalue weighted by Crippen LogP contribution is 2.29. The number of ether oxygens (including phenoxy) is 1. The van der Waals surface area contributed by atoms with E-state index in [9.17, 15) is 9.59 Å². The summed E-state index contributed by atoms with van der Waals surface area (Å²) in [6, 6.07) is 5.35. The van der Waals surface area contributed by atoms with Gasteiger partial charge in [0.1, 0.15) is 0 Å². The van der Waals surface area contributed by atoms with Crippen molar-refractivity contribution in [3.8, 4) is 0 Å². The van der Waals surface area contributed by atoms with Crippen molar-refractivity contribution in [2.75, 3.05) is 31.6 Å². The molecule has 4 N–H and O–H groups in total. The monoisotopic (exact) mass is 353 g/mol. The Balaban J connectivity index is 1.81. The van der Waals surface area contributed by atoms with E-state index in [1.54, 1.807) is 18.2 Å². The maximum atomic E-state index is 12.4. The largest absolute Gasteiger partial charge is 0.381 e. The van der Waals surface area contributed by atoms with Crippen molar-refractivity contribution in [3.05, 3.63) is 28.8 Å². The van der Waals surface area contributed by atoms with Crippen molar-refractivity contribution in [1.29, 1.82) is 0 Å². The second-order valence-electron chi connectivity index (χ2n) is 6.06. The summed E-state index contributed by atoms with van der Waals surface area (Å²) >= 11 is 6.03. The molecule has 0 saturated carbocycles. The molecule has 1 fully saturated rings. The number of hydrogen-bond donors (Lipinski definition) is 3. The van der Waals surface area contributed by atoms with Crippen molar-refractivity contribution in [1.82, 2.24) is 5.32 Å². The van der Waals surface area contributed by atoms with E-state index in [-0.39, 0.29) is 31.3 Å². The van der Waals surface area contributed by atoms with Crippen LogP contribution in [-0.4, -0.2) is 38.1 Å². The Morgan fingerprint density at radius 3 is 2.71 bits per heavy atom. The van der Waals surface area contributed by atoms with Crippen LogP contribution in [-0.2, 0) is 14.3 Å². The van der Waals surface area contributed by atoms with Crippen LogP contribution >= 0.6 is 11.6 Å². The van der Waals surface area contributed by atoms with Gasteiger partial charge in [0.25, 0.3) is 0 Å². The molecule has 1 aromatic rings. The Morgan fingerprint density at radius 1 is 1.33 bits per heavy atom. The summed E-state index contributed by atoms with van der Waals surface area (Å²) in [5, 5.41) is 6.24. The van der Waals surface area contributed by atoms with Crippen LogP contribution in [0.2, 0.25) is 5.02 Å². The maximum Gasteiger partial charge on any atom is 0.227 e. The van der Waals surface area contributed by atoms with Crippen LogP contribution in [0, 0.1) is 12.3 Å². The maximum absolute atomic E-state index is 12.4. The minimum absolute atomic E-state index is 0.0972. The van der Waals surface area contributed by atoms with Crippen LogP contribution in [0.3, 0.4) is 0 Å². The van der Waals surface area contributed by atoms with E-state index in [2.05, 4.69) is 10.6 Å². The van der Waals surface area contributed by atoms with Crippen LogP contribution in [0.25, 0.3) is 0 Å². The van der Waals surface area contributed by atoms with Gasteiger partial charge in [0, 0.05) is 43.4 Å². The predicted molar refractivity (Wildman–Crippen MR) is 94.0 cm³/mol. The molecule has 0 bridgehead atoms. The molecule has 0 aromatic heterocycles. The number of nitrogens with one attached hydrogen (secondary N) is 2. The number of nitrogens with two attached hydrogens (primary N) is 1. The van der Waals surface area contributed by atoms with Crippen LogP contribution < -0.4 is 16.4 Å². The Labute approximate surface area is 147 Å². The van der Waals surface area contributed by atoms with Crippen molar-refractivity contribution in [3.63, 3.8) is 0 Å². The molecule has 1 saturated heterocycles. The molecule has 2 amide bonds. The van der Waals surface area contributed by atoms with Gasteiger partial charge < -0.3 is 21.1 Å². The van der Waals surface area contributed by atoms with Gasteiger partial charge in [0.05, 0.1) is 5.41 Å². The first kappa shape index (κ1) is 18.7. The third-order valence-electron chi connectivity index (χ3n) is 4.50. The zero-order valence-corrected chi connectivity index (χ0v) is 14.6. The number of carbonyl (C=O) groups is 2. The number of hydrogen-bond acceptors (Lipinski definition) is 4. The first-order valence-electron chi connectivity index (χ1n) is 8.09. The molecule has 0 spiro atoms. The highest BCUT2D eigenvalue weighted by molar-refractivity contribution is 6.31. The smallest absolute Gasteiger partial charge is 0.227 e. The predicted octanol–water partition coefficient (Wildman–Crippen LogP) is 1.85. The van der Waals surface area contributed by atoms with E-state index < -0.39 is 5.41 Å². The van der Waals surface area contributed by atoms with E-state index in [0.717, 1.165) is 5.56 Å². The van der Waals surface area contributed by atoms with Gasteiger partial charge in [-0.2, -0.15) is 0 Å². The summed E-state index contributed by atoms with van der Waals surface area (Å²) in [4.78, 5) is 24.4. The number of carbonyl (C=O) groups excluding carboxylic acids is 2. The second-order valence-corrected chi connectivity index (χ2v) is 6.47. The fourth-order valence-corrected chi connectivity index (χ4v) is 2.89. The molecule has 24 heavy (non-hydrogen) atoms. The fraction of sp³-hybridized carbons (Fsp3) is 0.529. The average Bonchev–Trinajstić information content (AvgIpc) is 2.59. The zero-order valence-electron chi connectivity index (χ0n) is 13.9. The molecule has 6 nitrogen and oxygen atoms in total. The van der Waals surface area contributed by atoms with Gasteiger partial charge in [-0.15, -0.1) is 0 Å². The SMILES string of the molecule is Cc1c(Cl)cccc1NC(=O)CCNC(=O)C1(CN)CCOCC1. The number of amides is 2. The topological polar surface area (TPSA) is 93.5 Å². The zero-order chi connectivity index (χ0) is 17.6. The third kappa shape index (κ3) is 4.47. The standard InChI is InChI=1S/C17H24ClN3O3/c1-12-13(18)3-2-4-14(12)21-15(22)5-8-20-16(23)17(11-19)6-9-24-10-7-17/h2-4H,5-11,19H2,1H3,(H,20,23)(H,21,22). The minimum atomic E-state index is -0.571. The quantitative estimate of drug-likeness (QED) is 0.727. The van der Waals surface area contributed by atoms with Gasteiger partial charge in [0.15, 0.2) is 0 Å². The summed E-state index contributed by atoms with van der Waals surface area (Å²) in [5.74, 6) is -0.269. The van der Waals surface area contributed by atoms with Crippen LogP contribution in [0.5, 0.6) is 0 Å². The van der Waals surface area contributed by atoms with Gasteiger partial charge >= 0.3 is 0 Å². The van der Waals surface area contributed by atoms with Gasteiger partial charge in [-0.1, -0.05) is 17.7 Å². The van der Waals surface area contributed by atoms with Crippen LogP contribution in [0.4, 0.5) is 5.69 Å². The summed E-state index contributed by atoms with van der Waals surface area (Å²) in [5.41, 5.74) is 6.73. The number of rotatable bonds is 6. The summed E-state index contributed by atoms with van der Waals surface area (Å²) in [6.45, 7) is 3.48. The highest BCUT2D eigenvalue weighted by atomic mass is 35.5. The Hall–Kier alpha value is -1.63. The number of halogens is 1. The molecule has 0 unspecified atom stereocenters. The lowest BCUT2D eigenvalue weighted by Crippen LogP contribution is -2.49. The van der Waals surface area contributed by atoms with E-state index in [1.807, 2.05) is 6.92 Å². The highest BCUT2D eigenvalue weighted by Gasteiger charge is 2.38.